The van der Waals surface area contributed by atoms with Crippen LogP contribution in [0.25, 0.3) is 0 Å². The maximum atomic E-state index is 12.0. The summed E-state index contributed by atoms with van der Waals surface area (Å²) >= 11 is 0. The van der Waals surface area contributed by atoms with E-state index in [4.69, 9.17) is 4.74 Å². The van der Waals surface area contributed by atoms with Gasteiger partial charge in [-0.3, -0.25) is 4.79 Å². The van der Waals surface area contributed by atoms with E-state index < -0.39 is 0 Å². The van der Waals surface area contributed by atoms with Gasteiger partial charge in [0.1, 0.15) is 5.75 Å². The van der Waals surface area contributed by atoms with Gasteiger partial charge >= 0.3 is 0 Å². The fourth-order valence-electron chi connectivity index (χ4n) is 2.35. The van der Waals surface area contributed by atoms with Gasteiger partial charge in [-0.25, -0.2) is 0 Å². The molecule has 1 atom stereocenters. The molecule has 1 amide bonds. The van der Waals surface area contributed by atoms with Gasteiger partial charge in [0.25, 0.3) is 0 Å². The van der Waals surface area contributed by atoms with Crippen LogP contribution in [0.3, 0.4) is 0 Å². The minimum absolute atomic E-state index is 0.155. The standard InChI is InChI=1S/C14H21N3O2/c1-15-8-12-9-17(10-14(18)16(12)2)11-4-6-13(19-3)7-5-11/h4-7,12,15H,8-10H2,1-3H3. The predicted molar refractivity (Wildman–Crippen MR) is 75.7 cm³/mol. The molecule has 19 heavy (non-hydrogen) atoms. The summed E-state index contributed by atoms with van der Waals surface area (Å²) in [5, 5.41) is 3.14. The Hall–Kier alpha value is -1.75. The molecular weight excluding hydrogens is 242 g/mol. The summed E-state index contributed by atoms with van der Waals surface area (Å²) in [4.78, 5) is 16.0. The highest BCUT2D eigenvalue weighted by molar-refractivity contribution is 5.83. The molecule has 0 aliphatic carbocycles. The zero-order valence-electron chi connectivity index (χ0n) is 11.7. The van der Waals surface area contributed by atoms with Crippen LogP contribution < -0.4 is 15.0 Å². The first kappa shape index (κ1) is 13.7. The molecule has 0 radical (unpaired) electrons. The number of hydrogen-bond acceptors (Lipinski definition) is 4. The van der Waals surface area contributed by atoms with Crippen LogP contribution in [0, 0.1) is 0 Å². The lowest BCUT2D eigenvalue weighted by Gasteiger charge is -2.40. The van der Waals surface area contributed by atoms with Crippen LogP contribution in [0.4, 0.5) is 5.69 Å². The van der Waals surface area contributed by atoms with Crippen LogP contribution in [-0.4, -0.2) is 57.7 Å². The van der Waals surface area contributed by atoms with Crippen LogP contribution >= 0.6 is 0 Å². The van der Waals surface area contributed by atoms with E-state index >= 15 is 0 Å². The van der Waals surface area contributed by atoms with Crippen molar-refractivity contribution in [1.82, 2.24) is 10.2 Å². The number of carbonyl (C=O) groups excluding carboxylic acids is 1. The van der Waals surface area contributed by atoms with Gasteiger partial charge in [0.05, 0.1) is 19.7 Å². The molecule has 1 fully saturated rings. The maximum Gasteiger partial charge on any atom is 0.242 e. The number of piperazine rings is 1. The predicted octanol–water partition coefficient (Wildman–Crippen LogP) is 0.562. The Morgan fingerprint density at radius 1 is 1.37 bits per heavy atom. The molecule has 104 valence electrons. The number of carbonyl (C=O) groups is 1. The largest absolute Gasteiger partial charge is 0.497 e. The third kappa shape index (κ3) is 2.98. The number of nitrogens with one attached hydrogen (secondary N) is 1. The van der Waals surface area contributed by atoms with Gasteiger partial charge in [0.15, 0.2) is 0 Å². The quantitative estimate of drug-likeness (QED) is 0.862. The molecule has 1 aliphatic heterocycles. The van der Waals surface area contributed by atoms with Gasteiger partial charge in [0, 0.05) is 25.8 Å². The second-order valence-corrected chi connectivity index (χ2v) is 4.79. The topological polar surface area (TPSA) is 44.8 Å². The molecule has 0 bridgehead atoms. The first-order valence-corrected chi connectivity index (χ1v) is 6.45. The summed E-state index contributed by atoms with van der Waals surface area (Å²) in [5.74, 6) is 0.985. The van der Waals surface area contributed by atoms with Crippen molar-refractivity contribution in [2.75, 3.05) is 45.7 Å². The summed E-state index contributed by atoms with van der Waals surface area (Å²) in [6, 6.07) is 8.03. The van der Waals surface area contributed by atoms with Crippen molar-refractivity contribution in [2.24, 2.45) is 0 Å². The molecular formula is C14H21N3O2. The molecule has 5 heteroatoms. The lowest BCUT2D eigenvalue weighted by Crippen LogP contribution is -2.57. The highest BCUT2D eigenvalue weighted by Crippen LogP contribution is 2.22. The number of rotatable bonds is 4. The van der Waals surface area contributed by atoms with Crippen LogP contribution in [0.5, 0.6) is 5.75 Å². The van der Waals surface area contributed by atoms with E-state index in [1.807, 2.05) is 43.3 Å². The second kappa shape index (κ2) is 5.93. The van der Waals surface area contributed by atoms with Gasteiger partial charge in [0.2, 0.25) is 5.91 Å². The summed E-state index contributed by atoms with van der Waals surface area (Å²) in [6.07, 6.45) is 0. The number of methoxy groups -OCH3 is 1. The van der Waals surface area contributed by atoms with Gasteiger partial charge in [-0.15, -0.1) is 0 Å². The lowest BCUT2D eigenvalue weighted by molar-refractivity contribution is -0.131. The van der Waals surface area contributed by atoms with E-state index in [-0.39, 0.29) is 11.9 Å². The normalized spacial score (nSPS) is 19.7. The molecule has 1 aromatic rings. The molecule has 1 unspecified atom stereocenters. The maximum absolute atomic E-state index is 12.0. The molecule has 1 aliphatic rings. The molecule has 1 saturated heterocycles. The third-order valence-electron chi connectivity index (χ3n) is 3.58. The van der Waals surface area contributed by atoms with Crippen molar-refractivity contribution in [2.45, 2.75) is 6.04 Å². The molecule has 0 saturated carbocycles. The van der Waals surface area contributed by atoms with E-state index in [9.17, 15) is 4.79 Å². The first-order chi connectivity index (χ1) is 9.15. The van der Waals surface area contributed by atoms with Gasteiger partial charge in [-0.2, -0.15) is 0 Å². The molecule has 2 rings (SSSR count). The van der Waals surface area contributed by atoms with Crippen molar-refractivity contribution >= 4 is 11.6 Å². The molecule has 1 aromatic carbocycles. The number of nitrogens with zero attached hydrogens (tertiary/aromatic N) is 2. The molecule has 0 aromatic heterocycles. The Balaban J connectivity index is 2.12. The number of amides is 1. The summed E-state index contributed by atoms with van der Waals surface area (Å²) in [5.41, 5.74) is 1.06. The Labute approximate surface area is 114 Å². The van der Waals surface area contributed by atoms with Crippen LogP contribution in [-0.2, 0) is 4.79 Å². The second-order valence-electron chi connectivity index (χ2n) is 4.79. The first-order valence-electron chi connectivity index (χ1n) is 6.45. The monoisotopic (exact) mass is 263 g/mol. The smallest absolute Gasteiger partial charge is 0.242 e. The molecule has 5 nitrogen and oxygen atoms in total. The zero-order chi connectivity index (χ0) is 13.8. The highest BCUT2D eigenvalue weighted by atomic mass is 16.5. The number of anilines is 1. The number of ether oxygens (including phenoxy) is 1. The zero-order valence-corrected chi connectivity index (χ0v) is 11.7. The van der Waals surface area contributed by atoms with Crippen molar-refractivity contribution in [1.29, 1.82) is 0 Å². The van der Waals surface area contributed by atoms with Crippen molar-refractivity contribution in [3.63, 3.8) is 0 Å². The Morgan fingerprint density at radius 2 is 2.05 bits per heavy atom. The minimum atomic E-state index is 0.155. The van der Waals surface area contributed by atoms with E-state index in [1.54, 1.807) is 7.11 Å². The van der Waals surface area contributed by atoms with Crippen LogP contribution in [0.15, 0.2) is 24.3 Å². The fraction of sp³-hybridized carbons (Fsp3) is 0.500. The number of likely N-dealkylation sites (N-methyl/N-ethyl adjacent to an activating group) is 2. The Bertz CT molecular complexity index is 433. The van der Waals surface area contributed by atoms with E-state index in [0.29, 0.717) is 6.54 Å². The summed E-state index contributed by atoms with van der Waals surface area (Å²) < 4.78 is 5.15. The van der Waals surface area contributed by atoms with Gasteiger partial charge in [-0.1, -0.05) is 0 Å². The lowest BCUT2D eigenvalue weighted by atomic mass is 10.1. The SMILES string of the molecule is CNCC1CN(c2ccc(OC)cc2)CC(=O)N1C. The van der Waals surface area contributed by atoms with E-state index in [1.165, 1.54) is 0 Å². The fourth-order valence-corrected chi connectivity index (χ4v) is 2.35. The number of hydrogen-bond donors (Lipinski definition) is 1. The molecule has 0 spiro atoms. The summed E-state index contributed by atoms with van der Waals surface area (Å²) in [6.45, 7) is 2.08. The van der Waals surface area contributed by atoms with Crippen molar-refractivity contribution in [3.05, 3.63) is 24.3 Å². The third-order valence-corrected chi connectivity index (χ3v) is 3.58. The van der Waals surface area contributed by atoms with Gasteiger partial charge < -0.3 is 19.9 Å². The average molecular weight is 263 g/mol. The van der Waals surface area contributed by atoms with E-state index in [0.717, 1.165) is 24.5 Å². The number of benzene rings is 1. The molecule has 1 heterocycles. The van der Waals surface area contributed by atoms with Crippen molar-refractivity contribution < 1.29 is 9.53 Å². The average Bonchev–Trinajstić information content (AvgIpc) is 2.44. The Kier molecular flexibility index (Phi) is 4.27. The van der Waals surface area contributed by atoms with Crippen LogP contribution in [0.2, 0.25) is 0 Å². The highest BCUT2D eigenvalue weighted by Gasteiger charge is 2.29. The van der Waals surface area contributed by atoms with Crippen LogP contribution in [0.1, 0.15) is 0 Å². The van der Waals surface area contributed by atoms with E-state index in [2.05, 4.69) is 10.2 Å². The Morgan fingerprint density at radius 3 is 2.63 bits per heavy atom. The minimum Gasteiger partial charge on any atom is -0.497 e. The molecule has 1 N–H and O–H groups in total. The van der Waals surface area contributed by atoms with Gasteiger partial charge in [-0.05, 0) is 31.3 Å². The summed E-state index contributed by atoms with van der Waals surface area (Å²) in [7, 11) is 5.43. The van der Waals surface area contributed by atoms with Crippen molar-refractivity contribution in [3.8, 4) is 5.75 Å².